The van der Waals surface area contributed by atoms with Crippen molar-refractivity contribution in [3.05, 3.63) is 29.3 Å². The summed E-state index contributed by atoms with van der Waals surface area (Å²) in [5, 5.41) is 8.40. The summed E-state index contributed by atoms with van der Waals surface area (Å²) < 4.78 is 0.932. The monoisotopic (exact) mass is 194 g/mol. The van der Waals surface area contributed by atoms with Gasteiger partial charge in [0.1, 0.15) is 0 Å². The molecule has 1 heterocycles. The minimum Gasteiger partial charge on any atom is -0.288 e. The van der Waals surface area contributed by atoms with Crippen molar-refractivity contribution >= 4 is 27.5 Å². The number of amides is 1. The number of carbonyl (C=O) groups is 1. The SMILES string of the molecule is O=C(NO)c1ccc2ncsc2c1. The van der Waals surface area contributed by atoms with Gasteiger partial charge in [0.25, 0.3) is 5.91 Å². The highest BCUT2D eigenvalue weighted by Crippen LogP contribution is 2.18. The maximum atomic E-state index is 11.0. The summed E-state index contributed by atoms with van der Waals surface area (Å²) in [5.74, 6) is -0.504. The number of hydroxylamine groups is 1. The molecule has 0 atom stereocenters. The molecule has 0 unspecified atom stereocenters. The Kier molecular flexibility index (Phi) is 1.96. The lowest BCUT2D eigenvalue weighted by Crippen LogP contribution is -2.18. The number of hydrogen-bond acceptors (Lipinski definition) is 4. The number of carbonyl (C=O) groups excluding carboxylic acids is 1. The molecular formula is C8H6N2O2S. The van der Waals surface area contributed by atoms with Crippen LogP contribution in [0.25, 0.3) is 10.2 Å². The van der Waals surface area contributed by atoms with Crippen molar-refractivity contribution in [3.63, 3.8) is 0 Å². The molecule has 1 amide bonds. The van der Waals surface area contributed by atoms with Crippen LogP contribution in [0.5, 0.6) is 0 Å². The lowest BCUT2D eigenvalue weighted by molar-refractivity contribution is 0.0706. The van der Waals surface area contributed by atoms with E-state index in [0.29, 0.717) is 5.56 Å². The Balaban J connectivity index is 2.54. The van der Waals surface area contributed by atoms with Crippen molar-refractivity contribution in [2.45, 2.75) is 0 Å². The molecule has 5 heteroatoms. The second kappa shape index (κ2) is 3.12. The average Bonchev–Trinajstić information content (AvgIpc) is 2.63. The van der Waals surface area contributed by atoms with Gasteiger partial charge in [-0.25, -0.2) is 10.5 Å². The predicted molar refractivity (Wildman–Crippen MR) is 48.9 cm³/mol. The third kappa shape index (κ3) is 1.39. The van der Waals surface area contributed by atoms with E-state index in [1.807, 2.05) is 0 Å². The summed E-state index contributed by atoms with van der Waals surface area (Å²) >= 11 is 1.46. The fraction of sp³-hybridized carbons (Fsp3) is 0. The van der Waals surface area contributed by atoms with Crippen molar-refractivity contribution in [3.8, 4) is 0 Å². The number of benzene rings is 1. The number of thiazole rings is 1. The highest BCUT2D eigenvalue weighted by atomic mass is 32.1. The van der Waals surface area contributed by atoms with Gasteiger partial charge in [0.05, 0.1) is 15.7 Å². The van der Waals surface area contributed by atoms with Crippen molar-refractivity contribution in [1.82, 2.24) is 10.5 Å². The first-order valence-corrected chi connectivity index (χ1v) is 4.47. The van der Waals surface area contributed by atoms with Crippen molar-refractivity contribution in [2.24, 2.45) is 0 Å². The molecule has 0 radical (unpaired) electrons. The number of fused-ring (bicyclic) bond motifs is 1. The molecule has 0 bridgehead atoms. The Bertz CT molecular complexity index is 452. The number of rotatable bonds is 1. The first-order chi connectivity index (χ1) is 6.31. The standard InChI is InChI=1S/C8H6N2O2S/c11-8(10-12)5-1-2-6-7(3-5)13-4-9-6/h1-4,12H,(H,10,11). The molecule has 2 rings (SSSR count). The first kappa shape index (κ1) is 8.15. The van der Waals surface area contributed by atoms with E-state index in [1.165, 1.54) is 11.3 Å². The van der Waals surface area contributed by atoms with Gasteiger partial charge < -0.3 is 0 Å². The fourth-order valence-electron chi connectivity index (χ4n) is 1.06. The van der Waals surface area contributed by atoms with Crippen LogP contribution in [-0.4, -0.2) is 16.1 Å². The van der Waals surface area contributed by atoms with Gasteiger partial charge >= 0.3 is 0 Å². The van der Waals surface area contributed by atoms with E-state index in [9.17, 15) is 4.79 Å². The average molecular weight is 194 g/mol. The third-order valence-electron chi connectivity index (χ3n) is 1.70. The Morgan fingerprint density at radius 3 is 3.15 bits per heavy atom. The minimum absolute atomic E-state index is 0.430. The molecule has 2 aromatic rings. The minimum atomic E-state index is -0.504. The Morgan fingerprint density at radius 2 is 2.38 bits per heavy atom. The van der Waals surface area contributed by atoms with Gasteiger partial charge in [-0.2, -0.15) is 0 Å². The Labute approximate surface area is 77.8 Å². The maximum Gasteiger partial charge on any atom is 0.274 e. The van der Waals surface area contributed by atoms with Crippen molar-refractivity contribution < 1.29 is 10.0 Å². The summed E-state index contributed by atoms with van der Waals surface area (Å²) in [7, 11) is 0. The van der Waals surface area contributed by atoms with Gasteiger partial charge in [-0.3, -0.25) is 10.0 Å². The van der Waals surface area contributed by atoms with Crippen LogP contribution >= 0.6 is 11.3 Å². The summed E-state index contributed by atoms with van der Waals surface area (Å²) in [6.07, 6.45) is 0. The van der Waals surface area contributed by atoms with Crippen molar-refractivity contribution in [2.75, 3.05) is 0 Å². The van der Waals surface area contributed by atoms with Gasteiger partial charge in [0.15, 0.2) is 0 Å². The molecule has 0 aliphatic rings. The molecule has 0 aliphatic heterocycles. The number of aromatic nitrogens is 1. The van der Waals surface area contributed by atoms with Gasteiger partial charge in [-0.1, -0.05) is 0 Å². The maximum absolute atomic E-state index is 11.0. The zero-order chi connectivity index (χ0) is 9.26. The van der Waals surface area contributed by atoms with Crippen LogP contribution < -0.4 is 5.48 Å². The number of nitrogens with zero attached hydrogens (tertiary/aromatic N) is 1. The van der Waals surface area contributed by atoms with E-state index in [-0.39, 0.29) is 0 Å². The quantitative estimate of drug-likeness (QED) is 0.533. The molecule has 2 N–H and O–H groups in total. The fourth-order valence-corrected chi connectivity index (χ4v) is 1.78. The summed E-state index contributed by atoms with van der Waals surface area (Å²) in [6.45, 7) is 0. The van der Waals surface area contributed by atoms with Crippen LogP contribution in [0, 0.1) is 0 Å². The van der Waals surface area contributed by atoms with Crippen LogP contribution in [-0.2, 0) is 0 Å². The zero-order valence-electron chi connectivity index (χ0n) is 6.52. The van der Waals surface area contributed by atoms with E-state index < -0.39 is 5.91 Å². The van der Waals surface area contributed by atoms with E-state index >= 15 is 0 Å². The van der Waals surface area contributed by atoms with Gasteiger partial charge in [0, 0.05) is 5.56 Å². The molecule has 1 aromatic heterocycles. The Hall–Kier alpha value is -1.46. The molecule has 0 saturated heterocycles. The van der Waals surface area contributed by atoms with Gasteiger partial charge in [-0.15, -0.1) is 11.3 Å². The molecule has 0 aliphatic carbocycles. The number of nitrogens with one attached hydrogen (secondary N) is 1. The summed E-state index contributed by atoms with van der Waals surface area (Å²) in [4.78, 5) is 15.1. The molecule has 1 aromatic carbocycles. The first-order valence-electron chi connectivity index (χ1n) is 3.59. The van der Waals surface area contributed by atoms with Crippen LogP contribution in [0.3, 0.4) is 0 Å². The number of hydrogen-bond donors (Lipinski definition) is 2. The lowest BCUT2D eigenvalue weighted by Gasteiger charge is -1.96. The van der Waals surface area contributed by atoms with Crippen LogP contribution in [0.1, 0.15) is 10.4 Å². The van der Waals surface area contributed by atoms with E-state index in [0.717, 1.165) is 10.2 Å². The van der Waals surface area contributed by atoms with Gasteiger partial charge in [-0.05, 0) is 18.2 Å². The van der Waals surface area contributed by atoms with Gasteiger partial charge in [0.2, 0.25) is 0 Å². The summed E-state index contributed by atoms with van der Waals surface area (Å²) in [6, 6.07) is 5.06. The van der Waals surface area contributed by atoms with Crippen LogP contribution in [0.4, 0.5) is 0 Å². The second-order valence-corrected chi connectivity index (χ2v) is 3.36. The second-order valence-electron chi connectivity index (χ2n) is 2.48. The van der Waals surface area contributed by atoms with E-state index in [2.05, 4.69) is 4.98 Å². The highest BCUT2D eigenvalue weighted by molar-refractivity contribution is 7.16. The molecule has 66 valence electrons. The molecule has 13 heavy (non-hydrogen) atoms. The molecule has 4 nitrogen and oxygen atoms in total. The van der Waals surface area contributed by atoms with E-state index in [1.54, 1.807) is 29.2 Å². The third-order valence-corrected chi connectivity index (χ3v) is 2.49. The van der Waals surface area contributed by atoms with Crippen LogP contribution in [0.2, 0.25) is 0 Å². The topological polar surface area (TPSA) is 62.2 Å². The lowest BCUT2D eigenvalue weighted by atomic mass is 10.2. The smallest absolute Gasteiger partial charge is 0.274 e. The largest absolute Gasteiger partial charge is 0.288 e. The van der Waals surface area contributed by atoms with Crippen LogP contribution in [0.15, 0.2) is 23.7 Å². The van der Waals surface area contributed by atoms with E-state index in [4.69, 9.17) is 5.21 Å². The highest BCUT2D eigenvalue weighted by Gasteiger charge is 2.05. The predicted octanol–water partition coefficient (Wildman–Crippen LogP) is 1.42. The Morgan fingerprint density at radius 1 is 1.54 bits per heavy atom. The molecule has 0 spiro atoms. The molecule has 0 fully saturated rings. The van der Waals surface area contributed by atoms with Crippen molar-refractivity contribution in [1.29, 1.82) is 0 Å². The normalized spacial score (nSPS) is 10.2. The molecular weight excluding hydrogens is 188 g/mol. The zero-order valence-corrected chi connectivity index (χ0v) is 7.34. The summed E-state index contributed by atoms with van der Waals surface area (Å²) in [5.41, 5.74) is 4.59. The molecule has 0 saturated carbocycles.